The molecule has 0 bridgehead atoms. The molecule has 2 rings (SSSR count). The van der Waals surface area contributed by atoms with Crippen LogP contribution in [0.25, 0.3) is 6.08 Å². The molecule has 0 fully saturated rings. The number of amides is 1. The molecule has 1 aromatic heterocycles. The molecule has 0 aliphatic heterocycles. The van der Waals surface area contributed by atoms with E-state index in [-0.39, 0.29) is 12.2 Å². The van der Waals surface area contributed by atoms with E-state index in [1.165, 1.54) is 35.3 Å². The summed E-state index contributed by atoms with van der Waals surface area (Å²) in [6.45, 7) is -0.0832. The molecule has 1 aromatic carbocycles. The van der Waals surface area contributed by atoms with Crippen LogP contribution in [0.15, 0.2) is 36.7 Å². The Labute approximate surface area is 118 Å². The number of benzene rings is 1. The van der Waals surface area contributed by atoms with Crippen molar-refractivity contribution in [1.82, 2.24) is 15.0 Å². The molecule has 0 saturated heterocycles. The van der Waals surface area contributed by atoms with E-state index in [9.17, 15) is 14.0 Å². The van der Waals surface area contributed by atoms with Gasteiger partial charge in [-0.2, -0.15) is 0 Å². The first-order valence-corrected chi connectivity index (χ1v) is 5.89. The SMILES string of the molecule is O=C(O)/C=C/c1ccc(NC(=O)Cn2ccnn2)c(F)c1. The minimum Gasteiger partial charge on any atom is -0.478 e. The van der Waals surface area contributed by atoms with E-state index in [0.29, 0.717) is 5.56 Å². The zero-order valence-corrected chi connectivity index (χ0v) is 10.7. The molecule has 0 atom stereocenters. The molecule has 1 heterocycles. The van der Waals surface area contributed by atoms with Crippen molar-refractivity contribution in [2.75, 3.05) is 5.32 Å². The van der Waals surface area contributed by atoms with E-state index < -0.39 is 17.7 Å². The van der Waals surface area contributed by atoms with Gasteiger partial charge in [0.05, 0.1) is 11.9 Å². The maximum absolute atomic E-state index is 13.8. The number of anilines is 1. The lowest BCUT2D eigenvalue weighted by atomic mass is 10.2. The molecule has 0 saturated carbocycles. The Bertz CT molecular complexity index is 683. The first-order valence-electron chi connectivity index (χ1n) is 5.89. The minimum atomic E-state index is -1.12. The van der Waals surface area contributed by atoms with Crippen LogP contribution in [0.4, 0.5) is 10.1 Å². The van der Waals surface area contributed by atoms with Gasteiger partial charge in [0.15, 0.2) is 0 Å². The number of carbonyl (C=O) groups excluding carboxylic acids is 1. The predicted molar refractivity (Wildman–Crippen MR) is 71.7 cm³/mol. The Morgan fingerprint density at radius 2 is 2.24 bits per heavy atom. The van der Waals surface area contributed by atoms with Gasteiger partial charge in [-0.05, 0) is 23.8 Å². The van der Waals surface area contributed by atoms with Gasteiger partial charge in [-0.25, -0.2) is 13.9 Å². The second-order valence-electron chi connectivity index (χ2n) is 4.06. The highest BCUT2D eigenvalue weighted by Crippen LogP contribution is 2.16. The lowest BCUT2D eigenvalue weighted by Crippen LogP contribution is -2.19. The molecule has 1 amide bonds. The van der Waals surface area contributed by atoms with Crippen molar-refractivity contribution in [3.63, 3.8) is 0 Å². The maximum Gasteiger partial charge on any atom is 0.328 e. The zero-order chi connectivity index (χ0) is 15.2. The van der Waals surface area contributed by atoms with Crippen LogP contribution in [0.3, 0.4) is 0 Å². The highest BCUT2D eigenvalue weighted by molar-refractivity contribution is 5.91. The summed E-state index contributed by atoms with van der Waals surface area (Å²) >= 11 is 0. The van der Waals surface area contributed by atoms with Crippen LogP contribution >= 0.6 is 0 Å². The summed E-state index contributed by atoms with van der Waals surface area (Å²) in [4.78, 5) is 22.0. The number of nitrogens with one attached hydrogen (secondary N) is 1. The van der Waals surface area contributed by atoms with E-state index in [0.717, 1.165) is 12.1 Å². The summed E-state index contributed by atoms with van der Waals surface area (Å²) in [6.07, 6.45) is 5.09. The summed E-state index contributed by atoms with van der Waals surface area (Å²) in [5.74, 6) is -2.23. The lowest BCUT2D eigenvalue weighted by molar-refractivity contribution is -0.131. The lowest BCUT2D eigenvalue weighted by Gasteiger charge is -2.07. The summed E-state index contributed by atoms with van der Waals surface area (Å²) in [5, 5.41) is 18.1. The quantitative estimate of drug-likeness (QED) is 0.805. The number of nitrogens with zero attached hydrogens (tertiary/aromatic N) is 3. The van der Waals surface area contributed by atoms with E-state index in [1.54, 1.807) is 0 Å². The first kappa shape index (κ1) is 14.4. The molecule has 7 nitrogen and oxygen atoms in total. The second-order valence-corrected chi connectivity index (χ2v) is 4.06. The predicted octanol–water partition coefficient (Wildman–Crippen LogP) is 1.15. The molecule has 0 radical (unpaired) electrons. The Morgan fingerprint density at radius 1 is 1.43 bits per heavy atom. The van der Waals surface area contributed by atoms with Crippen LogP contribution in [-0.2, 0) is 16.1 Å². The van der Waals surface area contributed by atoms with Gasteiger partial charge in [0.25, 0.3) is 0 Å². The van der Waals surface area contributed by atoms with Crippen LogP contribution in [0.5, 0.6) is 0 Å². The van der Waals surface area contributed by atoms with Crippen molar-refractivity contribution in [3.8, 4) is 0 Å². The summed E-state index contributed by atoms with van der Waals surface area (Å²) in [6, 6.07) is 3.98. The summed E-state index contributed by atoms with van der Waals surface area (Å²) in [7, 11) is 0. The number of carbonyl (C=O) groups is 2. The summed E-state index contributed by atoms with van der Waals surface area (Å²) in [5.41, 5.74) is 0.386. The van der Waals surface area contributed by atoms with Crippen LogP contribution in [0, 0.1) is 5.82 Å². The molecule has 108 valence electrons. The fraction of sp³-hybridized carbons (Fsp3) is 0.0769. The van der Waals surface area contributed by atoms with Gasteiger partial charge in [0, 0.05) is 12.3 Å². The Balaban J connectivity index is 2.03. The number of hydrogen-bond acceptors (Lipinski definition) is 4. The molecule has 0 aliphatic carbocycles. The number of halogens is 1. The van der Waals surface area contributed by atoms with Gasteiger partial charge >= 0.3 is 5.97 Å². The highest BCUT2D eigenvalue weighted by atomic mass is 19.1. The van der Waals surface area contributed by atoms with Crippen molar-refractivity contribution < 1.29 is 19.1 Å². The van der Waals surface area contributed by atoms with Gasteiger partial charge in [-0.15, -0.1) is 5.10 Å². The van der Waals surface area contributed by atoms with Crippen LogP contribution in [-0.4, -0.2) is 32.0 Å². The monoisotopic (exact) mass is 290 g/mol. The smallest absolute Gasteiger partial charge is 0.328 e. The first-order chi connectivity index (χ1) is 10.0. The number of aromatic nitrogens is 3. The van der Waals surface area contributed by atoms with Gasteiger partial charge in [-0.1, -0.05) is 11.3 Å². The zero-order valence-electron chi connectivity index (χ0n) is 10.7. The molecule has 0 spiro atoms. The van der Waals surface area contributed by atoms with E-state index in [1.807, 2.05) is 0 Å². The second kappa shape index (κ2) is 6.42. The van der Waals surface area contributed by atoms with Crippen molar-refractivity contribution in [1.29, 1.82) is 0 Å². The molecule has 2 N–H and O–H groups in total. The van der Waals surface area contributed by atoms with Gasteiger partial charge < -0.3 is 10.4 Å². The van der Waals surface area contributed by atoms with Gasteiger partial charge in [0.2, 0.25) is 5.91 Å². The van der Waals surface area contributed by atoms with Gasteiger partial charge in [0.1, 0.15) is 12.4 Å². The van der Waals surface area contributed by atoms with Gasteiger partial charge in [-0.3, -0.25) is 4.79 Å². The minimum absolute atomic E-state index is 0.00703. The Morgan fingerprint density at radius 3 is 2.86 bits per heavy atom. The van der Waals surface area contributed by atoms with E-state index >= 15 is 0 Å². The maximum atomic E-state index is 13.8. The molecule has 8 heteroatoms. The van der Waals surface area contributed by atoms with E-state index in [4.69, 9.17) is 5.11 Å². The molecule has 2 aromatic rings. The number of hydrogen-bond donors (Lipinski definition) is 2. The largest absolute Gasteiger partial charge is 0.478 e. The van der Waals surface area contributed by atoms with Crippen LogP contribution < -0.4 is 5.32 Å². The van der Waals surface area contributed by atoms with Crippen LogP contribution in [0.1, 0.15) is 5.56 Å². The molecule has 21 heavy (non-hydrogen) atoms. The van der Waals surface area contributed by atoms with E-state index in [2.05, 4.69) is 15.6 Å². The number of carboxylic acids is 1. The Kier molecular flexibility index (Phi) is 4.39. The normalized spacial score (nSPS) is 10.7. The number of rotatable bonds is 5. The summed E-state index contributed by atoms with van der Waals surface area (Å²) < 4.78 is 15.1. The number of carboxylic acid groups (broad SMARTS) is 1. The fourth-order valence-corrected chi connectivity index (χ4v) is 1.56. The molecular weight excluding hydrogens is 279 g/mol. The third-order valence-electron chi connectivity index (χ3n) is 2.46. The van der Waals surface area contributed by atoms with Crippen molar-refractivity contribution in [2.24, 2.45) is 0 Å². The topological polar surface area (TPSA) is 97.1 Å². The average molecular weight is 290 g/mol. The Hall–Kier alpha value is -3.03. The van der Waals surface area contributed by atoms with Crippen molar-refractivity contribution in [3.05, 3.63) is 48.0 Å². The standard InChI is InChI=1S/C13H11FN4O3/c14-10-7-9(2-4-13(20)21)1-3-11(10)16-12(19)8-18-6-5-15-17-18/h1-7H,8H2,(H,16,19)(H,20,21)/b4-2+. The third kappa shape index (κ3) is 4.23. The molecule has 0 aliphatic rings. The average Bonchev–Trinajstić information content (AvgIpc) is 2.92. The van der Waals surface area contributed by atoms with Crippen molar-refractivity contribution in [2.45, 2.75) is 6.54 Å². The molecule has 0 unspecified atom stereocenters. The van der Waals surface area contributed by atoms with Crippen LogP contribution in [0.2, 0.25) is 0 Å². The molecular formula is C13H11FN4O3. The fourth-order valence-electron chi connectivity index (χ4n) is 1.56. The number of aliphatic carboxylic acids is 1. The van der Waals surface area contributed by atoms with Crippen molar-refractivity contribution >= 4 is 23.6 Å². The third-order valence-corrected chi connectivity index (χ3v) is 2.46. The highest BCUT2D eigenvalue weighted by Gasteiger charge is 2.08.